The van der Waals surface area contributed by atoms with Gasteiger partial charge in [0.15, 0.2) is 0 Å². The maximum Gasteiger partial charge on any atom is 0.129 e. The number of para-hydroxylation sites is 2. The summed E-state index contributed by atoms with van der Waals surface area (Å²) >= 11 is 5.86. The smallest absolute Gasteiger partial charge is 0.129 e. The summed E-state index contributed by atoms with van der Waals surface area (Å²) in [6.07, 6.45) is 2.68. The first-order chi connectivity index (χ1) is 13.6. The first kappa shape index (κ1) is 20.2. The average molecular weight is 396 g/mol. The van der Waals surface area contributed by atoms with Gasteiger partial charge in [0.1, 0.15) is 5.15 Å². The molecular formula is C23H26ClN3O. The molecule has 0 saturated carbocycles. The number of methoxy groups -OCH3 is 1. The second kappa shape index (κ2) is 10.1. The highest BCUT2D eigenvalue weighted by molar-refractivity contribution is 6.29. The van der Waals surface area contributed by atoms with Crippen LogP contribution in [0.1, 0.15) is 16.7 Å². The third kappa shape index (κ3) is 5.98. The number of anilines is 2. The van der Waals surface area contributed by atoms with E-state index in [0.717, 1.165) is 23.4 Å². The molecule has 0 aliphatic carbocycles. The largest absolute Gasteiger partial charge is 0.383 e. The fourth-order valence-electron chi connectivity index (χ4n) is 3.05. The van der Waals surface area contributed by atoms with E-state index in [1.807, 2.05) is 18.2 Å². The Hall–Kier alpha value is -2.56. The minimum Gasteiger partial charge on any atom is -0.383 e. The van der Waals surface area contributed by atoms with Crippen molar-refractivity contribution in [3.05, 3.63) is 88.7 Å². The van der Waals surface area contributed by atoms with Gasteiger partial charge in [0, 0.05) is 19.9 Å². The van der Waals surface area contributed by atoms with Gasteiger partial charge in [0.05, 0.1) is 24.0 Å². The SMILES string of the molecule is COCC(Cc1ccc(C)cc1)Nc1ccccc1NCc1ccc(Cl)nc1. The average Bonchev–Trinajstić information content (AvgIpc) is 2.70. The topological polar surface area (TPSA) is 46.2 Å². The summed E-state index contributed by atoms with van der Waals surface area (Å²) < 4.78 is 5.45. The Morgan fingerprint density at radius 1 is 0.964 bits per heavy atom. The highest BCUT2D eigenvalue weighted by Crippen LogP contribution is 2.23. The summed E-state index contributed by atoms with van der Waals surface area (Å²) in [5.41, 5.74) is 5.73. The Bertz CT molecular complexity index is 866. The normalized spacial score (nSPS) is 11.8. The van der Waals surface area contributed by atoms with E-state index in [2.05, 4.69) is 58.9 Å². The minimum absolute atomic E-state index is 0.174. The van der Waals surface area contributed by atoms with E-state index in [1.165, 1.54) is 11.1 Å². The molecule has 3 rings (SSSR count). The summed E-state index contributed by atoms with van der Waals surface area (Å²) in [5, 5.41) is 7.62. The molecule has 0 spiro atoms. The molecule has 0 aliphatic heterocycles. The van der Waals surface area contributed by atoms with Gasteiger partial charge in [-0.1, -0.05) is 59.6 Å². The van der Waals surface area contributed by atoms with Crippen molar-refractivity contribution in [2.75, 3.05) is 24.4 Å². The molecule has 0 fully saturated rings. The van der Waals surface area contributed by atoms with E-state index in [0.29, 0.717) is 18.3 Å². The van der Waals surface area contributed by atoms with Gasteiger partial charge in [0.25, 0.3) is 0 Å². The second-order valence-electron chi connectivity index (χ2n) is 6.87. The van der Waals surface area contributed by atoms with Crippen LogP contribution in [0, 0.1) is 6.92 Å². The number of pyridine rings is 1. The summed E-state index contributed by atoms with van der Waals surface area (Å²) in [7, 11) is 1.74. The summed E-state index contributed by atoms with van der Waals surface area (Å²) in [6, 6.07) is 20.8. The highest BCUT2D eigenvalue weighted by atomic mass is 35.5. The lowest BCUT2D eigenvalue weighted by Gasteiger charge is -2.22. The lowest BCUT2D eigenvalue weighted by atomic mass is 10.0. The van der Waals surface area contributed by atoms with Crippen LogP contribution >= 0.6 is 11.6 Å². The first-order valence-corrected chi connectivity index (χ1v) is 9.76. The van der Waals surface area contributed by atoms with Gasteiger partial charge in [-0.15, -0.1) is 0 Å². The fourth-order valence-corrected chi connectivity index (χ4v) is 3.16. The fraction of sp³-hybridized carbons (Fsp3) is 0.261. The lowest BCUT2D eigenvalue weighted by molar-refractivity contribution is 0.185. The predicted octanol–water partition coefficient (Wildman–Crippen LogP) is 5.33. The number of ether oxygens (including phenoxy) is 1. The van der Waals surface area contributed by atoms with Crippen molar-refractivity contribution < 1.29 is 4.74 Å². The molecule has 2 N–H and O–H groups in total. The lowest BCUT2D eigenvalue weighted by Crippen LogP contribution is -2.28. The number of hydrogen-bond acceptors (Lipinski definition) is 4. The van der Waals surface area contributed by atoms with Crippen LogP contribution < -0.4 is 10.6 Å². The second-order valence-corrected chi connectivity index (χ2v) is 7.26. The molecule has 0 saturated heterocycles. The van der Waals surface area contributed by atoms with Crippen LogP contribution in [0.15, 0.2) is 66.9 Å². The maximum atomic E-state index is 5.86. The van der Waals surface area contributed by atoms with Crippen molar-refractivity contribution in [2.45, 2.75) is 25.9 Å². The quantitative estimate of drug-likeness (QED) is 0.481. The third-order valence-corrected chi connectivity index (χ3v) is 4.75. The third-order valence-electron chi connectivity index (χ3n) is 4.53. The van der Waals surface area contributed by atoms with Gasteiger partial charge >= 0.3 is 0 Å². The minimum atomic E-state index is 0.174. The maximum absolute atomic E-state index is 5.86. The number of nitrogens with zero attached hydrogens (tertiary/aromatic N) is 1. The van der Waals surface area contributed by atoms with Gasteiger partial charge in [-0.25, -0.2) is 4.98 Å². The molecule has 0 amide bonds. The Morgan fingerprint density at radius 2 is 1.68 bits per heavy atom. The van der Waals surface area contributed by atoms with Gasteiger partial charge in [-0.3, -0.25) is 0 Å². The molecule has 3 aromatic rings. The van der Waals surface area contributed by atoms with E-state index in [4.69, 9.17) is 16.3 Å². The van der Waals surface area contributed by atoms with Crippen LogP contribution in [-0.2, 0) is 17.7 Å². The summed E-state index contributed by atoms with van der Waals surface area (Å²) in [5.74, 6) is 0. The molecule has 28 heavy (non-hydrogen) atoms. The van der Waals surface area contributed by atoms with Crippen molar-refractivity contribution in [2.24, 2.45) is 0 Å². The van der Waals surface area contributed by atoms with Crippen molar-refractivity contribution in [1.29, 1.82) is 0 Å². The summed E-state index contributed by atoms with van der Waals surface area (Å²) in [6.45, 7) is 3.41. The molecule has 0 aliphatic rings. The molecule has 4 nitrogen and oxygen atoms in total. The van der Waals surface area contributed by atoms with Crippen LogP contribution in [0.2, 0.25) is 5.15 Å². The Labute approximate surface area is 171 Å². The van der Waals surface area contributed by atoms with Crippen molar-refractivity contribution in [3.63, 3.8) is 0 Å². The van der Waals surface area contributed by atoms with Crippen LogP contribution in [0.5, 0.6) is 0 Å². The molecule has 1 unspecified atom stereocenters. The molecule has 146 valence electrons. The van der Waals surface area contributed by atoms with Crippen molar-refractivity contribution in [3.8, 4) is 0 Å². The summed E-state index contributed by atoms with van der Waals surface area (Å²) in [4.78, 5) is 4.13. The van der Waals surface area contributed by atoms with E-state index >= 15 is 0 Å². The van der Waals surface area contributed by atoms with Crippen molar-refractivity contribution in [1.82, 2.24) is 4.98 Å². The zero-order valence-corrected chi connectivity index (χ0v) is 17.0. The Balaban J connectivity index is 1.68. The molecule has 0 radical (unpaired) electrons. The number of rotatable bonds is 9. The molecule has 1 aromatic heterocycles. The highest BCUT2D eigenvalue weighted by Gasteiger charge is 2.12. The first-order valence-electron chi connectivity index (χ1n) is 9.38. The molecule has 1 atom stereocenters. The van der Waals surface area contributed by atoms with E-state index in [1.54, 1.807) is 19.4 Å². The Kier molecular flexibility index (Phi) is 7.29. The number of benzene rings is 2. The number of aryl methyl sites for hydroxylation is 1. The van der Waals surface area contributed by atoms with E-state index in [-0.39, 0.29) is 6.04 Å². The molecule has 0 bridgehead atoms. The van der Waals surface area contributed by atoms with Crippen LogP contribution in [0.4, 0.5) is 11.4 Å². The van der Waals surface area contributed by atoms with Crippen LogP contribution in [0.25, 0.3) is 0 Å². The predicted molar refractivity (Wildman–Crippen MR) is 117 cm³/mol. The number of hydrogen-bond donors (Lipinski definition) is 2. The monoisotopic (exact) mass is 395 g/mol. The molecule has 2 aromatic carbocycles. The van der Waals surface area contributed by atoms with Crippen LogP contribution in [-0.4, -0.2) is 24.7 Å². The standard InChI is InChI=1S/C23H26ClN3O/c1-17-7-9-18(10-8-17)13-20(16-28-2)27-22-6-4-3-5-21(22)25-14-19-11-12-23(24)26-15-19/h3-12,15,20,25,27H,13-14,16H2,1-2H3. The number of nitrogens with one attached hydrogen (secondary N) is 2. The molecule has 5 heteroatoms. The van der Waals surface area contributed by atoms with Crippen molar-refractivity contribution >= 4 is 23.0 Å². The Morgan fingerprint density at radius 3 is 2.36 bits per heavy atom. The number of aromatic nitrogens is 1. The van der Waals surface area contributed by atoms with Gasteiger partial charge in [-0.05, 0) is 42.7 Å². The van der Waals surface area contributed by atoms with E-state index in [9.17, 15) is 0 Å². The van der Waals surface area contributed by atoms with Crippen LogP contribution in [0.3, 0.4) is 0 Å². The van der Waals surface area contributed by atoms with Gasteiger partial charge in [0.2, 0.25) is 0 Å². The van der Waals surface area contributed by atoms with E-state index < -0.39 is 0 Å². The molecule has 1 heterocycles. The van der Waals surface area contributed by atoms with Gasteiger partial charge in [-0.2, -0.15) is 0 Å². The van der Waals surface area contributed by atoms with Gasteiger partial charge < -0.3 is 15.4 Å². The molecular weight excluding hydrogens is 370 g/mol. The zero-order valence-electron chi connectivity index (χ0n) is 16.3. The zero-order chi connectivity index (χ0) is 19.8. The number of halogens is 1.